The molecular formula is C11H18N2OS. The highest BCUT2D eigenvalue weighted by atomic mass is 32.2. The van der Waals surface area contributed by atoms with E-state index in [1.807, 2.05) is 13.0 Å². The van der Waals surface area contributed by atoms with Crippen LogP contribution in [0, 0.1) is 5.92 Å². The minimum absolute atomic E-state index is 0.645. The van der Waals surface area contributed by atoms with Gasteiger partial charge in [-0.3, -0.25) is 0 Å². The van der Waals surface area contributed by atoms with Crippen molar-refractivity contribution in [1.29, 1.82) is 0 Å². The Morgan fingerprint density at radius 3 is 2.87 bits per heavy atom. The van der Waals surface area contributed by atoms with Crippen LogP contribution in [0.2, 0.25) is 0 Å². The molecule has 1 rings (SSSR count). The molecule has 0 aliphatic heterocycles. The molecule has 0 saturated heterocycles. The summed E-state index contributed by atoms with van der Waals surface area (Å²) in [5.74, 6) is 2.48. The first kappa shape index (κ1) is 12.3. The van der Waals surface area contributed by atoms with Crippen LogP contribution in [0.4, 0.5) is 0 Å². The second kappa shape index (κ2) is 6.67. The van der Waals surface area contributed by atoms with Crippen molar-refractivity contribution in [3.05, 3.63) is 12.4 Å². The van der Waals surface area contributed by atoms with Gasteiger partial charge in [-0.1, -0.05) is 20.3 Å². The van der Waals surface area contributed by atoms with Crippen LogP contribution in [-0.4, -0.2) is 22.3 Å². The number of rotatable bonds is 6. The molecule has 84 valence electrons. The van der Waals surface area contributed by atoms with Crippen LogP contribution in [0.15, 0.2) is 17.4 Å². The molecule has 0 amide bonds. The minimum atomic E-state index is 0.645. The van der Waals surface area contributed by atoms with Crippen molar-refractivity contribution in [2.45, 2.75) is 32.2 Å². The zero-order valence-corrected chi connectivity index (χ0v) is 10.4. The Bertz CT molecular complexity index is 294. The first-order chi connectivity index (χ1) is 7.26. The van der Waals surface area contributed by atoms with Crippen LogP contribution >= 0.6 is 11.8 Å². The zero-order valence-electron chi connectivity index (χ0n) is 9.56. The molecule has 4 heteroatoms. The molecule has 1 unspecified atom stereocenters. The Balaban J connectivity index is 2.50. The molecule has 0 saturated carbocycles. The average Bonchev–Trinajstić information content (AvgIpc) is 2.27. The van der Waals surface area contributed by atoms with Crippen molar-refractivity contribution >= 4 is 11.8 Å². The van der Waals surface area contributed by atoms with E-state index in [1.165, 1.54) is 6.42 Å². The molecule has 15 heavy (non-hydrogen) atoms. The third kappa shape index (κ3) is 4.51. The van der Waals surface area contributed by atoms with Gasteiger partial charge in [-0.2, -0.15) is 0 Å². The molecule has 0 spiro atoms. The van der Waals surface area contributed by atoms with E-state index in [9.17, 15) is 0 Å². The van der Waals surface area contributed by atoms with Gasteiger partial charge >= 0.3 is 0 Å². The van der Waals surface area contributed by atoms with E-state index >= 15 is 0 Å². The fourth-order valence-electron chi connectivity index (χ4n) is 0.974. The number of ether oxygens (including phenoxy) is 1. The number of hydrogen-bond donors (Lipinski definition) is 0. The van der Waals surface area contributed by atoms with Crippen LogP contribution < -0.4 is 4.74 Å². The fourth-order valence-corrected chi connectivity index (χ4v) is 1.97. The van der Waals surface area contributed by atoms with Crippen LogP contribution in [0.1, 0.15) is 27.2 Å². The molecule has 3 nitrogen and oxygen atoms in total. The summed E-state index contributed by atoms with van der Waals surface area (Å²) in [5.41, 5.74) is 0. The maximum absolute atomic E-state index is 5.32. The summed E-state index contributed by atoms with van der Waals surface area (Å²) in [6.45, 7) is 7.05. The number of nitrogens with zero attached hydrogens (tertiary/aromatic N) is 2. The topological polar surface area (TPSA) is 35.0 Å². The SMILES string of the molecule is CCOc1cc(SCC(C)CC)ncn1. The highest BCUT2D eigenvalue weighted by Gasteiger charge is 2.03. The van der Waals surface area contributed by atoms with E-state index in [2.05, 4.69) is 23.8 Å². The molecule has 0 N–H and O–H groups in total. The summed E-state index contributed by atoms with van der Waals surface area (Å²) < 4.78 is 5.32. The number of aromatic nitrogens is 2. The smallest absolute Gasteiger partial charge is 0.217 e. The van der Waals surface area contributed by atoms with Gasteiger partial charge in [0.1, 0.15) is 11.4 Å². The van der Waals surface area contributed by atoms with Crippen LogP contribution in [0.5, 0.6) is 5.88 Å². The van der Waals surface area contributed by atoms with Gasteiger partial charge in [0.2, 0.25) is 5.88 Å². The summed E-state index contributed by atoms with van der Waals surface area (Å²) in [4.78, 5) is 8.23. The van der Waals surface area contributed by atoms with E-state index in [0.29, 0.717) is 12.5 Å². The van der Waals surface area contributed by atoms with E-state index < -0.39 is 0 Å². The molecule has 0 aliphatic rings. The third-order valence-corrected chi connectivity index (χ3v) is 3.38. The summed E-state index contributed by atoms with van der Waals surface area (Å²) >= 11 is 1.76. The van der Waals surface area contributed by atoms with Crippen LogP contribution in [0.3, 0.4) is 0 Å². The van der Waals surface area contributed by atoms with Crippen molar-refractivity contribution < 1.29 is 4.74 Å². The standard InChI is InChI=1S/C11H18N2OS/c1-4-9(3)7-15-11-6-10(14-5-2)12-8-13-11/h6,8-9H,4-5,7H2,1-3H3. The Kier molecular flexibility index (Phi) is 5.47. The van der Waals surface area contributed by atoms with Gasteiger partial charge in [-0.25, -0.2) is 9.97 Å². The van der Waals surface area contributed by atoms with Gasteiger partial charge in [0.25, 0.3) is 0 Å². The maximum atomic E-state index is 5.32. The van der Waals surface area contributed by atoms with Crippen molar-refractivity contribution in [2.24, 2.45) is 5.92 Å². The summed E-state index contributed by atoms with van der Waals surface area (Å²) in [7, 11) is 0. The Hall–Kier alpha value is -0.770. The quantitative estimate of drug-likeness (QED) is 0.551. The lowest BCUT2D eigenvalue weighted by Crippen LogP contribution is -1.98. The van der Waals surface area contributed by atoms with Crippen molar-refractivity contribution in [3.8, 4) is 5.88 Å². The van der Waals surface area contributed by atoms with Gasteiger partial charge in [-0.05, 0) is 12.8 Å². The molecule has 0 fully saturated rings. The predicted octanol–water partition coefficient (Wildman–Crippen LogP) is 3.01. The largest absolute Gasteiger partial charge is 0.478 e. The Morgan fingerprint density at radius 2 is 2.20 bits per heavy atom. The normalized spacial score (nSPS) is 12.5. The molecule has 0 bridgehead atoms. The van der Waals surface area contributed by atoms with Gasteiger partial charge in [0.05, 0.1) is 6.61 Å². The van der Waals surface area contributed by atoms with Gasteiger partial charge in [0, 0.05) is 11.8 Å². The summed E-state index contributed by atoms with van der Waals surface area (Å²) in [6.07, 6.45) is 2.76. The summed E-state index contributed by atoms with van der Waals surface area (Å²) in [6, 6.07) is 1.90. The van der Waals surface area contributed by atoms with Gasteiger partial charge < -0.3 is 4.74 Å². The third-order valence-electron chi connectivity index (χ3n) is 2.12. The van der Waals surface area contributed by atoms with Crippen LogP contribution in [-0.2, 0) is 0 Å². The van der Waals surface area contributed by atoms with E-state index in [0.717, 1.165) is 16.7 Å². The first-order valence-electron chi connectivity index (χ1n) is 5.33. The van der Waals surface area contributed by atoms with E-state index in [-0.39, 0.29) is 0 Å². The van der Waals surface area contributed by atoms with Crippen molar-refractivity contribution in [2.75, 3.05) is 12.4 Å². The second-order valence-electron chi connectivity index (χ2n) is 3.45. The van der Waals surface area contributed by atoms with Gasteiger partial charge in [0.15, 0.2) is 0 Å². The molecule has 0 radical (unpaired) electrons. The highest BCUT2D eigenvalue weighted by molar-refractivity contribution is 7.99. The average molecular weight is 226 g/mol. The first-order valence-corrected chi connectivity index (χ1v) is 6.32. The minimum Gasteiger partial charge on any atom is -0.478 e. The maximum Gasteiger partial charge on any atom is 0.217 e. The highest BCUT2D eigenvalue weighted by Crippen LogP contribution is 2.21. The monoisotopic (exact) mass is 226 g/mol. The van der Waals surface area contributed by atoms with Gasteiger partial charge in [-0.15, -0.1) is 11.8 Å². The molecular weight excluding hydrogens is 208 g/mol. The fraction of sp³-hybridized carbons (Fsp3) is 0.636. The lowest BCUT2D eigenvalue weighted by atomic mass is 10.2. The molecule has 1 aromatic rings. The van der Waals surface area contributed by atoms with E-state index in [1.54, 1.807) is 18.1 Å². The van der Waals surface area contributed by atoms with E-state index in [4.69, 9.17) is 4.74 Å². The molecule has 1 heterocycles. The predicted molar refractivity (Wildman–Crippen MR) is 63.4 cm³/mol. The van der Waals surface area contributed by atoms with Crippen molar-refractivity contribution in [1.82, 2.24) is 9.97 Å². The molecule has 0 aliphatic carbocycles. The molecule has 1 aromatic heterocycles. The number of thioether (sulfide) groups is 1. The Morgan fingerprint density at radius 1 is 1.40 bits per heavy atom. The lowest BCUT2D eigenvalue weighted by molar-refractivity contribution is 0.324. The summed E-state index contributed by atoms with van der Waals surface area (Å²) in [5, 5.41) is 0.994. The number of hydrogen-bond acceptors (Lipinski definition) is 4. The molecule has 0 aromatic carbocycles. The van der Waals surface area contributed by atoms with Crippen LogP contribution in [0.25, 0.3) is 0 Å². The zero-order chi connectivity index (χ0) is 11.1. The molecule has 1 atom stereocenters. The Labute approximate surface area is 95.7 Å². The lowest BCUT2D eigenvalue weighted by Gasteiger charge is -2.07. The van der Waals surface area contributed by atoms with Crippen molar-refractivity contribution in [3.63, 3.8) is 0 Å². The second-order valence-corrected chi connectivity index (χ2v) is 4.49.